The van der Waals surface area contributed by atoms with Gasteiger partial charge in [-0.15, -0.1) is 0 Å². The fraction of sp³-hybridized carbons (Fsp3) is 0.350. The van der Waals surface area contributed by atoms with Gasteiger partial charge in [-0.05, 0) is 48.5 Å². The SMILES string of the molecule is COc1ccc(C(=O)Nc2ccc3c(c2)CN(C)CC3(C)C)cc1F. The van der Waals surface area contributed by atoms with Gasteiger partial charge in [0.15, 0.2) is 11.6 Å². The molecule has 0 spiro atoms. The molecule has 0 bridgehead atoms. The summed E-state index contributed by atoms with van der Waals surface area (Å²) in [6.07, 6.45) is 0. The van der Waals surface area contributed by atoms with Crippen LogP contribution in [0, 0.1) is 5.82 Å². The number of carbonyl (C=O) groups excluding carboxylic acids is 1. The lowest BCUT2D eigenvalue weighted by Crippen LogP contribution is -2.39. The smallest absolute Gasteiger partial charge is 0.255 e. The lowest BCUT2D eigenvalue weighted by atomic mass is 9.78. The predicted octanol–water partition coefficient (Wildman–Crippen LogP) is 3.81. The Morgan fingerprint density at radius 2 is 2.00 bits per heavy atom. The summed E-state index contributed by atoms with van der Waals surface area (Å²) in [5.41, 5.74) is 3.56. The molecule has 0 saturated carbocycles. The number of benzene rings is 2. The highest BCUT2D eigenvalue weighted by Gasteiger charge is 2.30. The van der Waals surface area contributed by atoms with Crippen LogP contribution in [-0.4, -0.2) is 31.5 Å². The van der Waals surface area contributed by atoms with E-state index >= 15 is 0 Å². The second-order valence-corrected chi connectivity index (χ2v) is 7.23. The topological polar surface area (TPSA) is 41.6 Å². The van der Waals surface area contributed by atoms with Gasteiger partial charge in [-0.2, -0.15) is 0 Å². The van der Waals surface area contributed by atoms with E-state index in [1.807, 2.05) is 12.1 Å². The number of halogens is 1. The number of anilines is 1. The minimum absolute atomic E-state index is 0.0734. The van der Waals surface area contributed by atoms with E-state index in [0.717, 1.165) is 13.1 Å². The van der Waals surface area contributed by atoms with E-state index in [0.29, 0.717) is 5.69 Å². The minimum atomic E-state index is -0.552. The molecule has 25 heavy (non-hydrogen) atoms. The van der Waals surface area contributed by atoms with E-state index in [1.165, 1.54) is 30.4 Å². The summed E-state index contributed by atoms with van der Waals surface area (Å²) in [7, 11) is 3.49. The van der Waals surface area contributed by atoms with Crippen LogP contribution in [-0.2, 0) is 12.0 Å². The van der Waals surface area contributed by atoms with E-state index in [9.17, 15) is 9.18 Å². The van der Waals surface area contributed by atoms with Crippen molar-refractivity contribution in [3.63, 3.8) is 0 Å². The number of nitrogens with one attached hydrogen (secondary N) is 1. The van der Waals surface area contributed by atoms with E-state index in [2.05, 4.69) is 37.2 Å². The van der Waals surface area contributed by atoms with Crippen LogP contribution >= 0.6 is 0 Å². The number of carbonyl (C=O) groups is 1. The molecule has 3 rings (SSSR count). The monoisotopic (exact) mass is 342 g/mol. The van der Waals surface area contributed by atoms with E-state index in [4.69, 9.17) is 4.74 Å². The molecule has 0 aliphatic carbocycles. The number of rotatable bonds is 3. The highest BCUT2D eigenvalue weighted by atomic mass is 19.1. The van der Waals surface area contributed by atoms with E-state index in [-0.39, 0.29) is 22.6 Å². The van der Waals surface area contributed by atoms with Crippen molar-refractivity contribution in [1.29, 1.82) is 0 Å². The quantitative estimate of drug-likeness (QED) is 0.922. The second kappa shape index (κ2) is 6.48. The Labute approximate surface area is 147 Å². The van der Waals surface area contributed by atoms with Crippen molar-refractivity contribution in [2.75, 3.05) is 26.0 Å². The van der Waals surface area contributed by atoms with Gasteiger partial charge in [-0.3, -0.25) is 4.79 Å². The molecule has 5 heteroatoms. The highest BCUT2D eigenvalue weighted by molar-refractivity contribution is 6.04. The molecule has 1 N–H and O–H groups in total. The largest absolute Gasteiger partial charge is 0.494 e. The van der Waals surface area contributed by atoms with Crippen molar-refractivity contribution >= 4 is 11.6 Å². The zero-order valence-corrected chi connectivity index (χ0v) is 15.0. The maximum atomic E-state index is 13.8. The number of hydrogen-bond donors (Lipinski definition) is 1. The van der Waals surface area contributed by atoms with Crippen molar-refractivity contribution < 1.29 is 13.9 Å². The molecular formula is C20H23FN2O2. The standard InChI is InChI=1S/C20H23FN2O2/c1-20(2)12-23(3)11-14-9-15(6-7-16(14)20)22-19(24)13-5-8-18(25-4)17(21)10-13/h5-10H,11-12H2,1-4H3,(H,22,24). The molecular weight excluding hydrogens is 319 g/mol. The Morgan fingerprint density at radius 3 is 2.68 bits per heavy atom. The molecule has 132 valence electrons. The Morgan fingerprint density at radius 1 is 1.24 bits per heavy atom. The van der Waals surface area contributed by atoms with E-state index in [1.54, 1.807) is 6.07 Å². The first-order valence-corrected chi connectivity index (χ1v) is 8.27. The molecule has 2 aromatic rings. The number of hydrogen-bond acceptors (Lipinski definition) is 3. The first kappa shape index (κ1) is 17.4. The summed E-state index contributed by atoms with van der Waals surface area (Å²) in [4.78, 5) is 14.7. The minimum Gasteiger partial charge on any atom is -0.494 e. The van der Waals surface area contributed by atoms with Gasteiger partial charge >= 0.3 is 0 Å². The Bertz CT molecular complexity index is 817. The molecule has 1 aliphatic rings. The first-order chi connectivity index (χ1) is 11.8. The van der Waals surface area contributed by atoms with Crippen molar-refractivity contribution in [3.8, 4) is 5.75 Å². The fourth-order valence-corrected chi connectivity index (χ4v) is 3.58. The zero-order chi connectivity index (χ0) is 18.2. The lowest BCUT2D eigenvalue weighted by Gasteiger charge is -2.38. The normalized spacial score (nSPS) is 16.2. The molecule has 0 saturated heterocycles. The van der Waals surface area contributed by atoms with Crippen LogP contribution in [0.2, 0.25) is 0 Å². The van der Waals surface area contributed by atoms with Crippen LogP contribution in [0.5, 0.6) is 5.75 Å². The summed E-state index contributed by atoms with van der Waals surface area (Å²) in [5.74, 6) is -0.774. The lowest BCUT2D eigenvalue weighted by molar-refractivity contribution is 0.102. The third kappa shape index (κ3) is 3.51. The highest BCUT2D eigenvalue weighted by Crippen LogP contribution is 2.34. The summed E-state index contributed by atoms with van der Waals surface area (Å²) in [6.45, 7) is 6.29. The summed E-state index contributed by atoms with van der Waals surface area (Å²) < 4.78 is 18.7. The molecule has 4 nitrogen and oxygen atoms in total. The van der Waals surface area contributed by atoms with Crippen molar-refractivity contribution in [2.24, 2.45) is 0 Å². The molecule has 1 heterocycles. The number of likely N-dealkylation sites (N-methyl/N-ethyl adjacent to an activating group) is 1. The van der Waals surface area contributed by atoms with Gasteiger partial charge in [0.25, 0.3) is 5.91 Å². The third-order valence-corrected chi connectivity index (χ3v) is 4.61. The van der Waals surface area contributed by atoms with Crippen LogP contribution in [0.3, 0.4) is 0 Å². The third-order valence-electron chi connectivity index (χ3n) is 4.61. The summed E-state index contributed by atoms with van der Waals surface area (Å²) in [5, 5.41) is 2.85. The fourth-order valence-electron chi connectivity index (χ4n) is 3.58. The van der Waals surface area contributed by atoms with Crippen LogP contribution in [0.15, 0.2) is 36.4 Å². The number of ether oxygens (including phenoxy) is 1. The van der Waals surface area contributed by atoms with Gasteiger partial charge < -0.3 is 15.0 Å². The molecule has 0 unspecified atom stereocenters. The van der Waals surface area contributed by atoms with Gasteiger partial charge in [-0.25, -0.2) is 4.39 Å². The van der Waals surface area contributed by atoms with E-state index < -0.39 is 5.82 Å². The number of fused-ring (bicyclic) bond motifs is 1. The van der Waals surface area contributed by atoms with Gasteiger partial charge in [0.2, 0.25) is 0 Å². The first-order valence-electron chi connectivity index (χ1n) is 8.27. The Hall–Kier alpha value is -2.40. The molecule has 0 fully saturated rings. The maximum Gasteiger partial charge on any atom is 0.255 e. The zero-order valence-electron chi connectivity index (χ0n) is 15.0. The molecule has 2 aromatic carbocycles. The average molecular weight is 342 g/mol. The van der Waals surface area contributed by atoms with Crippen molar-refractivity contribution in [1.82, 2.24) is 4.90 Å². The summed E-state index contributed by atoms with van der Waals surface area (Å²) in [6, 6.07) is 10.2. The van der Waals surface area contributed by atoms with Crippen molar-refractivity contribution in [2.45, 2.75) is 25.8 Å². The van der Waals surface area contributed by atoms with Crippen LogP contribution in [0.25, 0.3) is 0 Å². The number of nitrogens with zero attached hydrogens (tertiary/aromatic N) is 1. The molecule has 1 aliphatic heterocycles. The molecule has 1 amide bonds. The van der Waals surface area contributed by atoms with Crippen molar-refractivity contribution in [3.05, 3.63) is 58.9 Å². The molecule has 0 atom stereocenters. The average Bonchev–Trinajstić information content (AvgIpc) is 2.53. The predicted molar refractivity (Wildman–Crippen MR) is 96.7 cm³/mol. The number of methoxy groups -OCH3 is 1. The van der Waals surface area contributed by atoms with Gasteiger partial charge in [-0.1, -0.05) is 19.9 Å². The second-order valence-electron chi connectivity index (χ2n) is 7.23. The van der Waals surface area contributed by atoms with Crippen LogP contribution in [0.1, 0.15) is 35.3 Å². The van der Waals surface area contributed by atoms with Crippen LogP contribution < -0.4 is 10.1 Å². The number of amides is 1. The summed E-state index contributed by atoms with van der Waals surface area (Å²) >= 11 is 0. The van der Waals surface area contributed by atoms with Gasteiger partial charge in [0.05, 0.1) is 7.11 Å². The maximum absolute atomic E-state index is 13.8. The van der Waals surface area contributed by atoms with Gasteiger partial charge in [0, 0.05) is 29.8 Å². The Balaban J connectivity index is 1.83. The Kier molecular flexibility index (Phi) is 4.52. The molecule has 0 radical (unpaired) electrons. The van der Waals surface area contributed by atoms with Gasteiger partial charge in [0.1, 0.15) is 0 Å². The van der Waals surface area contributed by atoms with Crippen LogP contribution in [0.4, 0.5) is 10.1 Å². The molecule has 0 aromatic heterocycles.